The molecule has 0 aliphatic heterocycles. The Morgan fingerprint density at radius 1 is 0.278 bits per heavy atom. The summed E-state index contributed by atoms with van der Waals surface area (Å²) in [5.41, 5.74) is 2.22. The maximum absolute atomic E-state index is 14.1. The molecule has 0 heterocycles. The summed E-state index contributed by atoms with van der Waals surface area (Å²) in [6, 6.07) is 30.8. The fourth-order valence-corrected chi connectivity index (χ4v) is 4.99. The zero-order valence-corrected chi connectivity index (χ0v) is 19.0. The number of carbonyl (C=O) groups is 4. The van der Waals surface area contributed by atoms with Gasteiger partial charge >= 0.3 is 0 Å². The van der Waals surface area contributed by atoms with Gasteiger partial charge in [0.05, 0.1) is 0 Å². The van der Waals surface area contributed by atoms with Crippen LogP contribution >= 0.6 is 0 Å². The fourth-order valence-electron chi connectivity index (χ4n) is 4.99. The summed E-state index contributed by atoms with van der Waals surface area (Å²) >= 11 is 0. The number of Topliss-reactive ketones (excluding diaryl/α,β-unsaturated/α-hetero) is 4. The molecule has 170 valence electrons. The van der Waals surface area contributed by atoms with Gasteiger partial charge in [-0.3, -0.25) is 19.2 Å². The number of hydrogen-bond acceptors (Lipinski definition) is 4. The van der Waals surface area contributed by atoms with Gasteiger partial charge in [0.2, 0.25) is 0 Å². The van der Waals surface area contributed by atoms with Crippen LogP contribution in [-0.2, 0) is 0 Å². The highest BCUT2D eigenvalue weighted by molar-refractivity contribution is 6.49. The van der Waals surface area contributed by atoms with E-state index in [9.17, 15) is 19.2 Å². The Bertz CT molecular complexity index is 1540. The van der Waals surface area contributed by atoms with Crippen LogP contribution in [0.5, 0.6) is 0 Å². The van der Waals surface area contributed by atoms with Crippen molar-refractivity contribution in [1.82, 2.24) is 0 Å². The Morgan fingerprint density at radius 2 is 0.528 bits per heavy atom. The SMILES string of the molecule is O=C1C(C2=C(c3ccccc3)C(=O)c3ccccc3C2=O)=C(c2ccccc2)C(=O)c2ccccc21. The second-order valence-electron chi connectivity index (χ2n) is 8.64. The smallest absolute Gasteiger partial charge is 0.195 e. The van der Waals surface area contributed by atoms with Crippen molar-refractivity contribution in [3.8, 4) is 0 Å². The van der Waals surface area contributed by atoms with Crippen LogP contribution in [0.25, 0.3) is 11.1 Å². The van der Waals surface area contributed by atoms with E-state index in [0.717, 1.165) is 0 Å². The van der Waals surface area contributed by atoms with Gasteiger partial charge in [-0.05, 0) is 11.1 Å². The van der Waals surface area contributed by atoms with E-state index in [2.05, 4.69) is 0 Å². The van der Waals surface area contributed by atoms with Gasteiger partial charge in [0.25, 0.3) is 0 Å². The highest BCUT2D eigenvalue weighted by Gasteiger charge is 2.42. The molecule has 36 heavy (non-hydrogen) atoms. The largest absolute Gasteiger partial charge is 0.289 e. The Balaban J connectivity index is 1.76. The summed E-state index contributed by atoms with van der Waals surface area (Å²) in [5.74, 6) is -1.61. The van der Waals surface area contributed by atoms with E-state index in [1.807, 2.05) is 12.1 Å². The molecule has 4 aromatic carbocycles. The average molecular weight is 466 g/mol. The molecule has 2 aliphatic carbocycles. The zero-order valence-electron chi connectivity index (χ0n) is 19.0. The lowest BCUT2D eigenvalue weighted by Gasteiger charge is -2.27. The van der Waals surface area contributed by atoms with E-state index in [4.69, 9.17) is 0 Å². The maximum atomic E-state index is 14.1. The minimum atomic E-state index is -0.451. The standard InChI is InChI=1S/C32H18O4/c33-29-21-15-7-9-17-23(21)31(35)27(25(29)19-11-3-1-4-12-19)28-26(20-13-5-2-6-14-20)30(34)22-16-8-10-18-24(22)32(28)36/h1-18H. The van der Waals surface area contributed by atoms with Crippen LogP contribution in [0.3, 0.4) is 0 Å². The molecule has 2 aliphatic rings. The molecule has 6 rings (SSSR count). The van der Waals surface area contributed by atoms with Crippen LogP contribution in [0.1, 0.15) is 52.6 Å². The Morgan fingerprint density at radius 3 is 0.833 bits per heavy atom. The first-order chi connectivity index (χ1) is 17.6. The van der Waals surface area contributed by atoms with E-state index in [1.54, 1.807) is 97.1 Å². The highest BCUT2D eigenvalue weighted by atomic mass is 16.1. The summed E-state index contributed by atoms with van der Waals surface area (Å²) in [5, 5.41) is 0. The maximum Gasteiger partial charge on any atom is 0.195 e. The Labute approximate surface area is 207 Å². The molecule has 4 nitrogen and oxygen atoms in total. The van der Waals surface area contributed by atoms with Gasteiger partial charge in [-0.15, -0.1) is 0 Å². The molecule has 4 heteroatoms. The summed E-state index contributed by atoms with van der Waals surface area (Å²) in [6.07, 6.45) is 0. The second kappa shape index (κ2) is 8.36. The van der Waals surface area contributed by atoms with Crippen molar-refractivity contribution in [3.63, 3.8) is 0 Å². The molecule has 0 radical (unpaired) electrons. The summed E-state index contributed by atoms with van der Waals surface area (Å²) in [4.78, 5) is 55.9. The number of benzene rings is 4. The number of ketones is 4. The molecule has 0 spiro atoms. The van der Waals surface area contributed by atoms with Gasteiger partial charge in [0.15, 0.2) is 23.1 Å². The summed E-state index contributed by atoms with van der Waals surface area (Å²) in [6.45, 7) is 0. The van der Waals surface area contributed by atoms with E-state index >= 15 is 0 Å². The van der Waals surface area contributed by atoms with E-state index in [1.165, 1.54) is 0 Å². The molecular formula is C32H18O4. The quantitative estimate of drug-likeness (QED) is 0.368. The lowest BCUT2D eigenvalue weighted by Crippen LogP contribution is -2.29. The average Bonchev–Trinajstić information content (AvgIpc) is 2.93. The van der Waals surface area contributed by atoms with Gasteiger partial charge in [0, 0.05) is 44.5 Å². The molecule has 4 aromatic rings. The van der Waals surface area contributed by atoms with Crippen molar-refractivity contribution in [1.29, 1.82) is 0 Å². The second-order valence-corrected chi connectivity index (χ2v) is 8.64. The van der Waals surface area contributed by atoms with Gasteiger partial charge in [0.1, 0.15) is 0 Å². The third-order valence-corrected chi connectivity index (χ3v) is 6.62. The lowest BCUT2D eigenvalue weighted by atomic mass is 9.72. The van der Waals surface area contributed by atoms with Crippen LogP contribution in [-0.4, -0.2) is 23.1 Å². The van der Waals surface area contributed by atoms with Crippen molar-refractivity contribution in [3.05, 3.63) is 154 Å². The lowest BCUT2D eigenvalue weighted by molar-refractivity contribution is 0.0969. The molecule has 0 unspecified atom stereocenters. The van der Waals surface area contributed by atoms with Crippen LogP contribution in [0.15, 0.2) is 120 Å². The minimum absolute atomic E-state index is 0.0309. The Kier molecular flexibility index (Phi) is 5.01. The first kappa shape index (κ1) is 21.6. The molecule has 0 bridgehead atoms. The number of fused-ring (bicyclic) bond motifs is 2. The van der Waals surface area contributed by atoms with Gasteiger partial charge in [-0.25, -0.2) is 0 Å². The van der Waals surface area contributed by atoms with Crippen LogP contribution < -0.4 is 0 Å². The molecule has 0 saturated carbocycles. The minimum Gasteiger partial charge on any atom is -0.289 e. The van der Waals surface area contributed by atoms with Crippen LogP contribution in [0.4, 0.5) is 0 Å². The number of hydrogen-bond donors (Lipinski definition) is 0. The number of carbonyl (C=O) groups excluding carboxylic acids is 4. The van der Waals surface area contributed by atoms with E-state index < -0.39 is 11.6 Å². The monoisotopic (exact) mass is 466 g/mol. The normalized spacial score (nSPS) is 15.2. The van der Waals surface area contributed by atoms with Crippen molar-refractivity contribution in [2.24, 2.45) is 0 Å². The topological polar surface area (TPSA) is 68.3 Å². The van der Waals surface area contributed by atoms with Crippen LogP contribution in [0, 0.1) is 0 Å². The van der Waals surface area contributed by atoms with E-state index in [-0.39, 0.29) is 56.1 Å². The van der Waals surface area contributed by atoms with Crippen molar-refractivity contribution in [2.75, 3.05) is 0 Å². The fraction of sp³-hybridized carbons (Fsp3) is 0. The molecule has 0 atom stereocenters. The molecule has 0 fully saturated rings. The zero-order chi connectivity index (χ0) is 24.8. The van der Waals surface area contributed by atoms with Crippen LogP contribution in [0.2, 0.25) is 0 Å². The number of allylic oxidation sites excluding steroid dienone is 4. The third kappa shape index (κ3) is 3.16. The molecule has 0 N–H and O–H groups in total. The van der Waals surface area contributed by atoms with Gasteiger partial charge in [-0.2, -0.15) is 0 Å². The van der Waals surface area contributed by atoms with Crippen molar-refractivity contribution < 1.29 is 19.2 Å². The van der Waals surface area contributed by atoms with Crippen molar-refractivity contribution in [2.45, 2.75) is 0 Å². The highest BCUT2D eigenvalue weighted by Crippen LogP contribution is 2.42. The Hall–Kier alpha value is -4.96. The third-order valence-electron chi connectivity index (χ3n) is 6.62. The molecule has 0 aromatic heterocycles. The van der Waals surface area contributed by atoms with Gasteiger partial charge < -0.3 is 0 Å². The molecule has 0 saturated heterocycles. The van der Waals surface area contributed by atoms with Gasteiger partial charge in [-0.1, -0.05) is 109 Å². The summed E-state index contributed by atoms with van der Waals surface area (Å²) in [7, 11) is 0. The predicted octanol–water partition coefficient (Wildman–Crippen LogP) is 6.05. The van der Waals surface area contributed by atoms with E-state index in [0.29, 0.717) is 11.1 Å². The molecular weight excluding hydrogens is 448 g/mol. The number of rotatable bonds is 3. The summed E-state index contributed by atoms with van der Waals surface area (Å²) < 4.78 is 0. The first-order valence-corrected chi connectivity index (χ1v) is 11.5. The first-order valence-electron chi connectivity index (χ1n) is 11.5. The predicted molar refractivity (Wildman–Crippen MR) is 137 cm³/mol. The van der Waals surface area contributed by atoms with Crippen molar-refractivity contribution >= 4 is 34.3 Å². The molecule has 0 amide bonds.